The maximum absolute atomic E-state index is 12.5. The number of ketones is 1. The molecule has 1 aromatic rings. The normalized spacial score (nSPS) is 21.6. The summed E-state index contributed by atoms with van der Waals surface area (Å²) in [4.78, 5) is 12.5. The smallest absolute Gasteiger partial charge is 0.163 e. The van der Waals surface area contributed by atoms with Crippen LogP contribution in [-0.4, -0.2) is 5.78 Å². The Bertz CT molecular complexity index is 699. The van der Waals surface area contributed by atoms with Gasteiger partial charge in [-0.05, 0) is 62.5 Å². The Morgan fingerprint density at radius 1 is 1.27 bits per heavy atom. The van der Waals surface area contributed by atoms with Crippen LogP contribution < -0.4 is 0 Å². The number of benzene rings is 1. The molecule has 0 fully saturated rings. The molecule has 0 bridgehead atoms. The number of allylic oxidation sites excluding steroid dienone is 7. The highest BCUT2D eigenvalue weighted by Gasteiger charge is 2.26. The van der Waals surface area contributed by atoms with E-state index in [0.29, 0.717) is 0 Å². The van der Waals surface area contributed by atoms with Gasteiger partial charge in [0, 0.05) is 0 Å². The highest BCUT2D eigenvalue weighted by atomic mass is 16.1. The van der Waals surface area contributed by atoms with E-state index < -0.39 is 0 Å². The summed E-state index contributed by atoms with van der Waals surface area (Å²) in [5.74, 6) is 0.0624. The van der Waals surface area contributed by atoms with Gasteiger partial charge in [0.05, 0.1) is 5.92 Å². The molecule has 0 heterocycles. The summed E-state index contributed by atoms with van der Waals surface area (Å²) >= 11 is 0. The maximum Gasteiger partial charge on any atom is 0.163 e. The minimum Gasteiger partial charge on any atom is -0.294 e. The topological polar surface area (TPSA) is 17.1 Å². The van der Waals surface area contributed by atoms with E-state index in [1.54, 1.807) is 6.08 Å². The molecule has 1 aliphatic carbocycles. The number of rotatable bonds is 3. The van der Waals surface area contributed by atoms with Crippen molar-refractivity contribution >= 4 is 5.78 Å². The van der Waals surface area contributed by atoms with E-state index in [9.17, 15) is 4.79 Å². The monoisotopic (exact) mass is 292 g/mol. The van der Waals surface area contributed by atoms with Crippen molar-refractivity contribution < 1.29 is 4.79 Å². The number of hydrogen-bond donors (Lipinski definition) is 0. The average Bonchev–Trinajstić information content (AvgIpc) is 2.46. The number of aryl methyl sites for hydroxylation is 2. The summed E-state index contributed by atoms with van der Waals surface area (Å²) in [7, 11) is 0. The number of hydrogen-bond acceptors (Lipinski definition) is 1. The van der Waals surface area contributed by atoms with Gasteiger partial charge < -0.3 is 0 Å². The van der Waals surface area contributed by atoms with Crippen LogP contribution >= 0.6 is 0 Å². The zero-order chi connectivity index (χ0) is 16.3. The van der Waals surface area contributed by atoms with Gasteiger partial charge in [0.2, 0.25) is 0 Å². The fourth-order valence-electron chi connectivity index (χ4n) is 2.90. The van der Waals surface area contributed by atoms with Gasteiger partial charge in [0.25, 0.3) is 0 Å². The van der Waals surface area contributed by atoms with Crippen LogP contribution in [0.3, 0.4) is 0 Å². The van der Waals surface area contributed by atoms with Crippen LogP contribution in [0.15, 0.2) is 65.8 Å². The van der Waals surface area contributed by atoms with E-state index in [1.165, 1.54) is 16.7 Å². The predicted molar refractivity (Wildman–Crippen MR) is 93.9 cm³/mol. The summed E-state index contributed by atoms with van der Waals surface area (Å²) in [6, 6.07) is 6.44. The third kappa shape index (κ3) is 3.54. The molecule has 0 N–H and O–H groups in total. The lowest BCUT2D eigenvalue weighted by Crippen LogP contribution is -2.22. The Hall–Kier alpha value is -2.15. The molecule has 0 saturated heterocycles. The molecular formula is C21H24O. The lowest BCUT2D eigenvalue weighted by molar-refractivity contribution is -0.117. The highest BCUT2D eigenvalue weighted by Crippen LogP contribution is 2.31. The van der Waals surface area contributed by atoms with Crippen molar-refractivity contribution in [1.82, 2.24) is 0 Å². The molecule has 22 heavy (non-hydrogen) atoms. The zero-order valence-corrected chi connectivity index (χ0v) is 13.9. The van der Waals surface area contributed by atoms with Crippen molar-refractivity contribution in [3.63, 3.8) is 0 Å². The summed E-state index contributed by atoms with van der Waals surface area (Å²) in [5.41, 5.74) is 6.90. The Morgan fingerprint density at radius 3 is 2.64 bits per heavy atom. The molecule has 0 radical (unpaired) electrons. The van der Waals surface area contributed by atoms with Crippen LogP contribution in [0.5, 0.6) is 0 Å². The fraction of sp³-hybridized carbons (Fsp3) is 0.286. The fourth-order valence-corrected chi connectivity index (χ4v) is 2.90. The second-order valence-electron chi connectivity index (χ2n) is 6.11. The van der Waals surface area contributed by atoms with E-state index in [0.717, 1.165) is 23.1 Å². The number of carbonyl (C=O) groups is 1. The number of carbonyl (C=O) groups excluding carboxylic acids is 1. The van der Waals surface area contributed by atoms with Gasteiger partial charge in [-0.3, -0.25) is 4.79 Å². The summed E-state index contributed by atoms with van der Waals surface area (Å²) in [5, 5.41) is 0. The Balaban J connectivity index is 2.46. The van der Waals surface area contributed by atoms with Crippen molar-refractivity contribution in [2.24, 2.45) is 5.92 Å². The molecule has 1 heteroatoms. The highest BCUT2D eigenvalue weighted by molar-refractivity contribution is 5.97. The van der Waals surface area contributed by atoms with Crippen molar-refractivity contribution in [2.75, 3.05) is 0 Å². The van der Waals surface area contributed by atoms with E-state index >= 15 is 0 Å². The molecule has 0 unspecified atom stereocenters. The van der Waals surface area contributed by atoms with Gasteiger partial charge in [-0.1, -0.05) is 54.1 Å². The molecule has 0 saturated carbocycles. The van der Waals surface area contributed by atoms with Gasteiger partial charge in [0.1, 0.15) is 0 Å². The average molecular weight is 292 g/mol. The molecule has 0 spiro atoms. The molecular weight excluding hydrogens is 268 g/mol. The van der Waals surface area contributed by atoms with Crippen molar-refractivity contribution in [1.29, 1.82) is 0 Å². The van der Waals surface area contributed by atoms with E-state index in [2.05, 4.69) is 44.7 Å². The van der Waals surface area contributed by atoms with Crippen LogP contribution in [0.2, 0.25) is 0 Å². The first-order chi connectivity index (χ1) is 10.4. The quantitative estimate of drug-likeness (QED) is 0.762. The van der Waals surface area contributed by atoms with Crippen LogP contribution in [-0.2, 0) is 11.2 Å². The van der Waals surface area contributed by atoms with Crippen LogP contribution in [0.25, 0.3) is 0 Å². The zero-order valence-electron chi connectivity index (χ0n) is 13.9. The molecule has 1 atom stereocenters. The second kappa shape index (κ2) is 6.74. The van der Waals surface area contributed by atoms with E-state index in [1.807, 2.05) is 26.0 Å². The summed E-state index contributed by atoms with van der Waals surface area (Å²) < 4.78 is 0. The minimum absolute atomic E-state index is 0.117. The third-order valence-corrected chi connectivity index (χ3v) is 4.12. The Labute approximate surface area is 133 Å². The Kier molecular flexibility index (Phi) is 4.97. The van der Waals surface area contributed by atoms with Crippen LogP contribution in [0.1, 0.15) is 30.5 Å². The third-order valence-electron chi connectivity index (χ3n) is 4.12. The molecule has 0 aromatic heterocycles. The van der Waals surface area contributed by atoms with Crippen molar-refractivity contribution in [2.45, 2.75) is 34.1 Å². The molecule has 1 nitrogen and oxygen atoms in total. The standard InChI is InChI=1S/C21H24O/c1-6-17-9-10-21(22)20(19(17)11-14(2)3)13-18-12-15(4)7-8-16(18)5/h6-12,20H,2,13H2,1,3-5H3/b17-6?,19-11+/t20-/m0/s1. The van der Waals surface area contributed by atoms with Crippen molar-refractivity contribution in [3.8, 4) is 0 Å². The van der Waals surface area contributed by atoms with Gasteiger partial charge in [-0.2, -0.15) is 0 Å². The SMILES string of the molecule is C=C(C)/C=C1\C(=CC)C=CC(=O)[C@H]1Cc1cc(C)ccc1C. The first-order valence-corrected chi connectivity index (χ1v) is 7.74. The van der Waals surface area contributed by atoms with Crippen molar-refractivity contribution in [3.05, 3.63) is 82.5 Å². The first-order valence-electron chi connectivity index (χ1n) is 7.74. The summed E-state index contributed by atoms with van der Waals surface area (Å²) in [6.07, 6.45) is 8.48. The van der Waals surface area contributed by atoms with Gasteiger partial charge in [-0.15, -0.1) is 0 Å². The van der Waals surface area contributed by atoms with Gasteiger partial charge in [-0.25, -0.2) is 0 Å². The second-order valence-corrected chi connectivity index (χ2v) is 6.11. The van der Waals surface area contributed by atoms with Gasteiger partial charge >= 0.3 is 0 Å². The molecule has 2 rings (SSSR count). The predicted octanol–water partition coefficient (Wildman–Crippen LogP) is 5.05. The lowest BCUT2D eigenvalue weighted by atomic mass is 9.78. The molecule has 1 aliphatic rings. The lowest BCUT2D eigenvalue weighted by Gasteiger charge is -2.24. The van der Waals surface area contributed by atoms with Gasteiger partial charge in [0.15, 0.2) is 5.78 Å². The van der Waals surface area contributed by atoms with E-state index in [-0.39, 0.29) is 11.7 Å². The first kappa shape index (κ1) is 16.2. The van der Waals surface area contributed by atoms with Crippen LogP contribution in [0, 0.1) is 19.8 Å². The molecule has 0 aliphatic heterocycles. The maximum atomic E-state index is 12.5. The molecule has 114 valence electrons. The molecule has 1 aromatic carbocycles. The molecule has 0 amide bonds. The van der Waals surface area contributed by atoms with E-state index in [4.69, 9.17) is 0 Å². The summed E-state index contributed by atoms with van der Waals surface area (Å²) in [6.45, 7) is 12.2. The largest absolute Gasteiger partial charge is 0.294 e. The minimum atomic E-state index is -0.117. The Morgan fingerprint density at radius 2 is 2.00 bits per heavy atom. The van der Waals surface area contributed by atoms with Crippen LogP contribution in [0.4, 0.5) is 0 Å².